The van der Waals surface area contributed by atoms with Crippen LogP contribution < -0.4 is 0 Å². The fourth-order valence-corrected chi connectivity index (χ4v) is 3.92. The van der Waals surface area contributed by atoms with Gasteiger partial charge >= 0.3 is 0 Å². The molecule has 0 aliphatic carbocycles. The van der Waals surface area contributed by atoms with Crippen LogP contribution >= 0.6 is 0 Å². The van der Waals surface area contributed by atoms with Gasteiger partial charge in [0.25, 0.3) is 0 Å². The van der Waals surface area contributed by atoms with Gasteiger partial charge in [-0.05, 0) is 29.7 Å². The number of rotatable bonds is 4. The van der Waals surface area contributed by atoms with Gasteiger partial charge in [0.2, 0.25) is 0 Å². The van der Waals surface area contributed by atoms with E-state index in [1.165, 1.54) is 16.7 Å². The molecule has 0 N–H and O–H groups in total. The minimum atomic E-state index is 0.879. The van der Waals surface area contributed by atoms with Crippen molar-refractivity contribution in [3.63, 3.8) is 0 Å². The Balaban J connectivity index is 1.71. The zero-order valence-corrected chi connectivity index (χ0v) is 16.9. The number of aryl methyl sites for hydroxylation is 1. The highest BCUT2D eigenvalue weighted by molar-refractivity contribution is 5.88. The lowest BCUT2D eigenvalue weighted by Crippen LogP contribution is -1.84. The molecule has 0 aliphatic rings. The Morgan fingerprint density at radius 1 is 0.467 bits per heavy atom. The van der Waals surface area contributed by atoms with Crippen molar-refractivity contribution in [2.24, 2.45) is 0 Å². The summed E-state index contributed by atoms with van der Waals surface area (Å²) >= 11 is 0. The Morgan fingerprint density at radius 3 is 1.77 bits per heavy atom. The molecule has 144 valence electrons. The first kappa shape index (κ1) is 18.2. The molecule has 0 fully saturated rings. The Bertz CT molecular complexity index is 1220. The Morgan fingerprint density at radius 2 is 1.07 bits per heavy atom. The van der Waals surface area contributed by atoms with E-state index in [9.17, 15) is 0 Å². The Hall–Kier alpha value is -3.84. The molecule has 0 saturated carbocycles. The molecule has 30 heavy (non-hydrogen) atoms. The molecule has 1 heterocycles. The molecule has 0 radical (unpaired) electrons. The predicted octanol–water partition coefficient (Wildman–Crippen LogP) is 8.26. The summed E-state index contributed by atoms with van der Waals surface area (Å²) in [6.07, 6.45) is 0. The van der Waals surface area contributed by atoms with E-state index >= 15 is 0 Å². The molecule has 1 nitrogen and oxygen atoms in total. The molecule has 0 atom stereocenters. The predicted molar refractivity (Wildman–Crippen MR) is 125 cm³/mol. The second-order valence-electron chi connectivity index (χ2n) is 7.50. The summed E-state index contributed by atoms with van der Waals surface area (Å²) in [5, 5.41) is 0. The van der Waals surface area contributed by atoms with Gasteiger partial charge in [0.05, 0.1) is 0 Å². The summed E-state index contributed by atoms with van der Waals surface area (Å²) in [5.41, 5.74) is 8.06. The van der Waals surface area contributed by atoms with Gasteiger partial charge < -0.3 is 4.42 Å². The summed E-state index contributed by atoms with van der Waals surface area (Å²) in [4.78, 5) is 0. The molecule has 0 bridgehead atoms. The van der Waals surface area contributed by atoms with Crippen molar-refractivity contribution in [3.05, 3.63) is 121 Å². The van der Waals surface area contributed by atoms with E-state index in [-0.39, 0.29) is 0 Å². The second-order valence-corrected chi connectivity index (χ2v) is 7.50. The third-order valence-corrected chi connectivity index (χ3v) is 5.37. The number of hydrogen-bond donors (Lipinski definition) is 0. The number of furan rings is 1. The van der Waals surface area contributed by atoms with Gasteiger partial charge in [-0.2, -0.15) is 0 Å². The van der Waals surface area contributed by atoms with Gasteiger partial charge in [0.15, 0.2) is 0 Å². The lowest BCUT2D eigenvalue weighted by atomic mass is 9.96. The molecule has 0 saturated heterocycles. The van der Waals surface area contributed by atoms with E-state index in [0.717, 1.165) is 33.8 Å². The van der Waals surface area contributed by atoms with Crippen molar-refractivity contribution in [2.75, 3.05) is 0 Å². The summed E-state index contributed by atoms with van der Waals surface area (Å²) in [6, 6.07) is 40.0. The fraction of sp³-hybridized carbons (Fsp3) is 0.0345. The van der Waals surface area contributed by atoms with Crippen LogP contribution in [0.5, 0.6) is 0 Å². The Kier molecular flexibility index (Phi) is 4.78. The van der Waals surface area contributed by atoms with E-state index in [2.05, 4.69) is 97.9 Å². The molecule has 1 heteroatoms. The molecular formula is C29H22O. The van der Waals surface area contributed by atoms with Crippen LogP contribution in [-0.4, -0.2) is 0 Å². The van der Waals surface area contributed by atoms with Crippen LogP contribution in [0.15, 0.2) is 120 Å². The Labute approximate surface area is 177 Å². The number of hydrogen-bond acceptors (Lipinski definition) is 1. The van der Waals surface area contributed by atoms with Crippen molar-refractivity contribution >= 4 is 0 Å². The topological polar surface area (TPSA) is 13.1 Å². The van der Waals surface area contributed by atoms with Crippen LogP contribution in [0.4, 0.5) is 0 Å². The minimum Gasteiger partial charge on any atom is -0.455 e. The summed E-state index contributed by atoms with van der Waals surface area (Å²) in [6.45, 7) is 2.13. The van der Waals surface area contributed by atoms with E-state index in [4.69, 9.17) is 4.42 Å². The van der Waals surface area contributed by atoms with E-state index in [1.807, 2.05) is 24.3 Å². The highest BCUT2D eigenvalue weighted by Crippen LogP contribution is 2.41. The lowest BCUT2D eigenvalue weighted by molar-refractivity contribution is 0.598. The van der Waals surface area contributed by atoms with Crippen LogP contribution in [0.25, 0.3) is 44.9 Å². The van der Waals surface area contributed by atoms with Gasteiger partial charge in [-0.1, -0.05) is 115 Å². The molecule has 4 aromatic carbocycles. The van der Waals surface area contributed by atoms with Crippen molar-refractivity contribution in [3.8, 4) is 44.9 Å². The maximum Gasteiger partial charge on any atom is 0.142 e. The zero-order valence-electron chi connectivity index (χ0n) is 16.9. The van der Waals surface area contributed by atoms with Gasteiger partial charge in [0, 0.05) is 16.7 Å². The highest BCUT2D eigenvalue weighted by Gasteiger charge is 2.18. The first-order valence-electron chi connectivity index (χ1n) is 10.2. The molecule has 0 amide bonds. The van der Waals surface area contributed by atoms with E-state index < -0.39 is 0 Å². The van der Waals surface area contributed by atoms with Crippen molar-refractivity contribution in [1.29, 1.82) is 0 Å². The third-order valence-electron chi connectivity index (χ3n) is 5.37. The normalized spacial score (nSPS) is 10.8. The lowest BCUT2D eigenvalue weighted by Gasteiger charge is -2.08. The van der Waals surface area contributed by atoms with Crippen LogP contribution in [0.3, 0.4) is 0 Å². The smallest absolute Gasteiger partial charge is 0.142 e. The van der Waals surface area contributed by atoms with Gasteiger partial charge in [-0.3, -0.25) is 0 Å². The van der Waals surface area contributed by atoms with Crippen molar-refractivity contribution < 1.29 is 4.42 Å². The average Bonchev–Trinajstić information content (AvgIpc) is 3.26. The molecule has 1 aromatic heterocycles. The van der Waals surface area contributed by atoms with Gasteiger partial charge in [-0.25, -0.2) is 0 Å². The molecule has 0 aliphatic heterocycles. The van der Waals surface area contributed by atoms with E-state index in [1.54, 1.807) is 0 Å². The average molecular weight is 386 g/mol. The summed E-state index contributed by atoms with van der Waals surface area (Å²) in [5.74, 6) is 1.78. The maximum absolute atomic E-state index is 6.53. The monoisotopic (exact) mass is 386 g/mol. The second kappa shape index (κ2) is 7.88. The fourth-order valence-electron chi connectivity index (χ4n) is 3.92. The quantitative estimate of drug-likeness (QED) is 0.303. The van der Waals surface area contributed by atoms with Crippen LogP contribution in [-0.2, 0) is 0 Å². The van der Waals surface area contributed by atoms with Crippen LogP contribution in [0, 0.1) is 6.92 Å². The minimum absolute atomic E-state index is 0.879. The maximum atomic E-state index is 6.53. The molecule has 0 unspecified atom stereocenters. The van der Waals surface area contributed by atoms with Gasteiger partial charge in [-0.15, -0.1) is 0 Å². The molecule has 0 spiro atoms. The SMILES string of the molecule is Cc1cccc(-c2ccccc2-c2cc(-c3ccccc3)c(-c3ccccc3)o2)c1. The third kappa shape index (κ3) is 3.46. The summed E-state index contributed by atoms with van der Waals surface area (Å²) < 4.78 is 6.53. The van der Waals surface area contributed by atoms with Crippen LogP contribution in [0.1, 0.15) is 5.56 Å². The summed E-state index contributed by atoms with van der Waals surface area (Å²) in [7, 11) is 0. The first-order valence-corrected chi connectivity index (χ1v) is 10.2. The van der Waals surface area contributed by atoms with Crippen molar-refractivity contribution in [2.45, 2.75) is 6.92 Å². The van der Waals surface area contributed by atoms with E-state index in [0.29, 0.717) is 0 Å². The highest BCUT2D eigenvalue weighted by atomic mass is 16.3. The first-order chi connectivity index (χ1) is 14.8. The number of benzene rings is 4. The molecule has 5 rings (SSSR count). The standard InChI is InChI=1S/C29H22O/c1-21-11-10-16-24(19-21)25-17-8-9-18-26(25)28-20-27(22-12-4-2-5-13-22)29(30-28)23-14-6-3-7-15-23/h2-20H,1H3. The zero-order chi connectivity index (χ0) is 20.3. The van der Waals surface area contributed by atoms with Crippen molar-refractivity contribution in [1.82, 2.24) is 0 Å². The molecule has 5 aromatic rings. The van der Waals surface area contributed by atoms with Gasteiger partial charge in [0.1, 0.15) is 11.5 Å². The molecular weight excluding hydrogens is 364 g/mol. The van der Waals surface area contributed by atoms with Crippen LogP contribution in [0.2, 0.25) is 0 Å². The largest absolute Gasteiger partial charge is 0.455 e.